The molecule has 2 aromatic heterocycles. The highest BCUT2D eigenvalue weighted by Gasteiger charge is 2.26. The van der Waals surface area contributed by atoms with Crippen LogP contribution in [0.25, 0.3) is 32.9 Å². The molecule has 1 aliphatic rings. The van der Waals surface area contributed by atoms with Gasteiger partial charge >= 0.3 is 0 Å². The second-order valence-electron chi connectivity index (χ2n) is 7.70. The van der Waals surface area contributed by atoms with Crippen molar-refractivity contribution in [1.29, 1.82) is 0 Å². The highest BCUT2D eigenvalue weighted by Crippen LogP contribution is 2.40. The average molecular weight is 438 g/mol. The lowest BCUT2D eigenvalue weighted by Crippen LogP contribution is -2.14. The SMILES string of the molecule is Cc1noc(C)c1-c1cc(C(N)=O)c2c(c1)c1ccc(Br)cc1n2CC1CC1. The highest BCUT2D eigenvalue weighted by molar-refractivity contribution is 9.10. The van der Waals surface area contributed by atoms with E-state index in [0.717, 1.165) is 55.4 Å². The van der Waals surface area contributed by atoms with E-state index < -0.39 is 5.91 Å². The Balaban J connectivity index is 1.91. The molecule has 2 aromatic carbocycles. The van der Waals surface area contributed by atoms with E-state index in [0.29, 0.717) is 11.5 Å². The maximum absolute atomic E-state index is 12.5. The maximum atomic E-state index is 12.5. The molecule has 142 valence electrons. The number of fused-ring (bicyclic) bond motifs is 3. The molecule has 6 heteroatoms. The summed E-state index contributed by atoms with van der Waals surface area (Å²) in [6.45, 7) is 4.70. The second kappa shape index (κ2) is 6.21. The van der Waals surface area contributed by atoms with Crippen molar-refractivity contribution in [3.8, 4) is 11.1 Å². The van der Waals surface area contributed by atoms with Gasteiger partial charge in [0.05, 0.1) is 22.3 Å². The monoisotopic (exact) mass is 437 g/mol. The molecule has 2 heterocycles. The van der Waals surface area contributed by atoms with E-state index in [1.54, 1.807) is 0 Å². The van der Waals surface area contributed by atoms with Gasteiger partial charge in [0.15, 0.2) is 0 Å². The van der Waals surface area contributed by atoms with Crippen molar-refractivity contribution >= 4 is 43.6 Å². The van der Waals surface area contributed by atoms with Crippen molar-refractivity contribution in [3.63, 3.8) is 0 Å². The molecule has 0 radical (unpaired) electrons. The Kier molecular flexibility index (Phi) is 3.88. The minimum absolute atomic E-state index is 0.419. The van der Waals surface area contributed by atoms with E-state index >= 15 is 0 Å². The third-order valence-corrected chi connectivity index (χ3v) is 6.14. The van der Waals surface area contributed by atoms with E-state index in [4.69, 9.17) is 10.3 Å². The number of nitrogens with two attached hydrogens (primary N) is 1. The smallest absolute Gasteiger partial charge is 0.250 e. The van der Waals surface area contributed by atoms with Crippen LogP contribution in [0.4, 0.5) is 0 Å². The number of halogens is 1. The van der Waals surface area contributed by atoms with Gasteiger partial charge in [-0.05, 0) is 62.4 Å². The summed E-state index contributed by atoms with van der Waals surface area (Å²) in [5, 5.41) is 6.23. The fraction of sp³-hybridized carbons (Fsp3) is 0.273. The summed E-state index contributed by atoms with van der Waals surface area (Å²) in [5.74, 6) is 0.981. The lowest BCUT2D eigenvalue weighted by molar-refractivity contribution is 0.100. The number of hydrogen-bond acceptors (Lipinski definition) is 3. The normalized spacial score (nSPS) is 14.2. The maximum Gasteiger partial charge on any atom is 0.250 e. The number of primary amides is 1. The van der Waals surface area contributed by atoms with Gasteiger partial charge in [0.2, 0.25) is 0 Å². The second-order valence-corrected chi connectivity index (χ2v) is 8.61. The molecule has 1 fully saturated rings. The zero-order valence-corrected chi connectivity index (χ0v) is 17.3. The molecule has 1 aliphatic carbocycles. The molecule has 4 aromatic rings. The first-order valence-electron chi connectivity index (χ1n) is 9.42. The largest absolute Gasteiger partial charge is 0.366 e. The molecule has 0 saturated heterocycles. The summed E-state index contributed by atoms with van der Waals surface area (Å²) in [7, 11) is 0. The van der Waals surface area contributed by atoms with Crippen molar-refractivity contribution < 1.29 is 9.32 Å². The first-order chi connectivity index (χ1) is 13.4. The van der Waals surface area contributed by atoms with Gasteiger partial charge < -0.3 is 14.8 Å². The Morgan fingerprint density at radius 3 is 2.68 bits per heavy atom. The molecule has 0 unspecified atom stereocenters. The summed E-state index contributed by atoms with van der Waals surface area (Å²) in [4.78, 5) is 12.5. The molecule has 2 N–H and O–H groups in total. The van der Waals surface area contributed by atoms with Gasteiger partial charge in [0, 0.05) is 27.4 Å². The molecule has 1 amide bonds. The molecular formula is C22H20BrN3O2. The van der Waals surface area contributed by atoms with Gasteiger partial charge in [0.1, 0.15) is 5.76 Å². The van der Waals surface area contributed by atoms with Crippen molar-refractivity contribution in [2.45, 2.75) is 33.2 Å². The van der Waals surface area contributed by atoms with E-state index in [1.165, 1.54) is 12.8 Å². The fourth-order valence-corrected chi connectivity index (χ4v) is 4.53. The number of amides is 1. The van der Waals surface area contributed by atoms with Crippen LogP contribution in [0.5, 0.6) is 0 Å². The number of nitrogens with zero attached hydrogens (tertiary/aromatic N) is 2. The third-order valence-electron chi connectivity index (χ3n) is 5.65. The first-order valence-corrected chi connectivity index (χ1v) is 10.2. The van der Waals surface area contributed by atoms with Crippen LogP contribution in [0.1, 0.15) is 34.7 Å². The van der Waals surface area contributed by atoms with E-state index in [-0.39, 0.29) is 0 Å². The number of carbonyl (C=O) groups excluding carboxylic acids is 1. The van der Waals surface area contributed by atoms with E-state index in [9.17, 15) is 4.79 Å². The molecule has 5 rings (SSSR count). The summed E-state index contributed by atoms with van der Waals surface area (Å²) < 4.78 is 8.64. The number of aromatic nitrogens is 2. The zero-order valence-electron chi connectivity index (χ0n) is 15.8. The molecule has 0 atom stereocenters. The topological polar surface area (TPSA) is 74.1 Å². The van der Waals surface area contributed by atoms with Crippen LogP contribution < -0.4 is 5.73 Å². The van der Waals surface area contributed by atoms with Gasteiger partial charge in [-0.2, -0.15) is 0 Å². The van der Waals surface area contributed by atoms with Crippen LogP contribution in [-0.2, 0) is 6.54 Å². The predicted octanol–water partition coefficient (Wildman–Crippen LogP) is 5.34. The van der Waals surface area contributed by atoms with Gasteiger partial charge in [0.25, 0.3) is 5.91 Å². The van der Waals surface area contributed by atoms with Crippen molar-refractivity contribution in [2.75, 3.05) is 0 Å². The molecule has 0 bridgehead atoms. The predicted molar refractivity (Wildman–Crippen MR) is 113 cm³/mol. The molecule has 1 saturated carbocycles. The molecule has 5 nitrogen and oxygen atoms in total. The highest BCUT2D eigenvalue weighted by atomic mass is 79.9. The number of rotatable bonds is 4. The minimum atomic E-state index is -0.419. The first kappa shape index (κ1) is 17.5. The average Bonchev–Trinajstić information content (AvgIpc) is 3.35. The van der Waals surface area contributed by atoms with Crippen molar-refractivity contribution in [1.82, 2.24) is 9.72 Å². The quantitative estimate of drug-likeness (QED) is 0.468. The van der Waals surface area contributed by atoms with E-state index in [1.807, 2.05) is 26.0 Å². The summed E-state index contributed by atoms with van der Waals surface area (Å²) >= 11 is 3.59. The van der Waals surface area contributed by atoms with Gasteiger partial charge in [-0.3, -0.25) is 4.79 Å². The Morgan fingerprint density at radius 1 is 1.25 bits per heavy atom. The van der Waals surface area contributed by atoms with Crippen LogP contribution in [0.15, 0.2) is 39.3 Å². The molecule has 0 spiro atoms. The lowest BCUT2D eigenvalue weighted by Gasteiger charge is -2.11. The molecule has 0 aliphatic heterocycles. The van der Waals surface area contributed by atoms with Crippen molar-refractivity contribution in [2.24, 2.45) is 11.7 Å². The van der Waals surface area contributed by atoms with Crippen LogP contribution in [0.2, 0.25) is 0 Å². The van der Waals surface area contributed by atoms with E-state index in [2.05, 4.69) is 43.9 Å². The molecular weight excluding hydrogens is 418 g/mol. The number of carbonyl (C=O) groups is 1. The van der Waals surface area contributed by atoms with Crippen LogP contribution >= 0.6 is 15.9 Å². The van der Waals surface area contributed by atoms with Gasteiger partial charge in [-0.25, -0.2) is 0 Å². The summed E-state index contributed by atoms with van der Waals surface area (Å²) in [6.07, 6.45) is 2.47. The lowest BCUT2D eigenvalue weighted by atomic mass is 9.98. The van der Waals surface area contributed by atoms with Gasteiger partial charge in [-0.15, -0.1) is 0 Å². The number of aryl methyl sites for hydroxylation is 2. The number of hydrogen-bond donors (Lipinski definition) is 1. The Bertz CT molecular complexity index is 1240. The third kappa shape index (κ3) is 2.66. The van der Waals surface area contributed by atoms with Crippen LogP contribution in [0.3, 0.4) is 0 Å². The Hall–Kier alpha value is -2.60. The number of benzene rings is 2. The summed E-state index contributed by atoms with van der Waals surface area (Å²) in [6, 6.07) is 10.3. The fourth-order valence-electron chi connectivity index (χ4n) is 4.18. The van der Waals surface area contributed by atoms with Gasteiger partial charge in [-0.1, -0.05) is 27.2 Å². The standard InChI is InChI=1S/C22H20BrN3O2/c1-11-20(12(2)28-25-11)14-7-17-16-6-5-15(23)9-19(16)26(10-13-3-4-13)21(17)18(8-14)22(24)27/h5-9,13H,3-4,10H2,1-2H3,(H2,24,27). The van der Waals surface area contributed by atoms with Crippen LogP contribution in [-0.4, -0.2) is 15.6 Å². The summed E-state index contributed by atoms with van der Waals surface area (Å²) in [5.41, 5.74) is 11.1. The Labute approximate surface area is 170 Å². The van der Waals surface area contributed by atoms with Crippen molar-refractivity contribution in [3.05, 3.63) is 51.8 Å². The molecule has 28 heavy (non-hydrogen) atoms. The minimum Gasteiger partial charge on any atom is -0.366 e. The van der Waals surface area contributed by atoms with Crippen LogP contribution in [0, 0.1) is 19.8 Å². The zero-order chi connectivity index (χ0) is 19.6. The Morgan fingerprint density at radius 2 is 2.04 bits per heavy atom.